The number of fused-ring (bicyclic) bond motifs is 1. The van der Waals surface area contributed by atoms with E-state index in [0.717, 1.165) is 24.5 Å². The smallest absolute Gasteiger partial charge is 0.343 e. The van der Waals surface area contributed by atoms with E-state index in [-0.39, 0.29) is 17.6 Å². The molecule has 0 aliphatic carbocycles. The first-order chi connectivity index (χ1) is 11.9. The van der Waals surface area contributed by atoms with E-state index in [9.17, 15) is 9.59 Å². The average Bonchev–Trinajstić information content (AvgIpc) is 2.56. The first kappa shape index (κ1) is 18.9. The lowest BCUT2D eigenvalue weighted by Gasteiger charge is -2.15. The number of ether oxygens (including phenoxy) is 1. The van der Waals surface area contributed by atoms with Crippen LogP contribution in [0.5, 0.6) is 0 Å². The van der Waals surface area contributed by atoms with Gasteiger partial charge in [-0.1, -0.05) is 0 Å². The summed E-state index contributed by atoms with van der Waals surface area (Å²) in [5, 5.41) is 3.74. The fraction of sp³-hybridized carbons (Fsp3) is 0.500. The van der Waals surface area contributed by atoms with E-state index in [2.05, 4.69) is 15.2 Å². The Morgan fingerprint density at radius 3 is 2.68 bits per heavy atom. The quantitative estimate of drug-likeness (QED) is 0.772. The zero-order chi connectivity index (χ0) is 18.6. The van der Waals surface area contributed by atoms with Crippen LogP contribution in [-0.4, -0.2) is 54.2 Å². The van der Waals surface area contributed by atoms with E-state index in [1.165, 1.54) is 6.20 Å². The number of pyridine rings is 2. The summed E-state index contributed by atoms with van der Waals surface area (Å²) in [6, 6.07) is 1.79. The van der Waals surface area contributed by atoms with Crippen molar-refractivity contribution in [2.45, 2.75) is 27.3 Å². The molecule has 0 amide bonds. The number of aromatic nitrogens is 2. The molecule has 0 unspecified atom stereocenters. The molecule has 0 fully saturated rings. The van der Waals surface area contributed by atoms with Crippen LogP contribution in [0.3, 0.4) is 0 Å². The van der Waals surface area contributed by atoms with Crippen LogP contribution in [-0.2, 0) is 11.3 Å². The fourth-order valence-electron chi connectivity index (χ4n) is 2.58. The molecule has 0 aliphatic heterocycles. The van der Waals surface area contributed by atoms with E-state index in [1.54, 1.807) is 17.6 Å². The van der Waals surface area contributed by atoms with Crippen molar-refractivity contribution in [1.82, 2.24) is 14.5 Å². The maximum atomic E-state index is 12.7. The van der Waals surface area contributed by atoms with E-state index in [0.29, 0.717) is 17.6 Å². The summed E-state index contributed by atoms with van der Waals surface area (Å²) in [5.41, 5.74) is 1.14. The van der Waals surface area contributed by atoms with E-state index < -0.39 is 5.97 Å². The van der Waals surface area contributed by atoms with Crippen LogP contribution >= 0.6 is 0 Å². The third-order valence-corrected chi connectivity index (χ3v) is 3.93. The second-order valence-electron chi connectivity index (χ2n) is 6.13. The van der Waals surface area contributed by atoms with Crippen molar-refractivity contribution in [3.05, 3.63) is 33.6 Å². The van der Waals surface area contributed by atoms with Gasteiger partial charge in [-0.2, -0.15) is 0 Å². The summed E-state index contributed by atoms with van der Waals surface area (Å²) < 4.78 is 6.80. The predicted octanol–water partition coefficient (Wildman–Crippen LogP) is 1.88. The van der Waals surface area contributed by atoms with Crippen LogP contribution in [0.25, 0.3) is 11.0 Å². The monoisotopic (exact) mass is 346 g/mol. The first-order valence-corrected chi connectivity index (χ1v) is 8.49. The van der Waals surface area contributed by atoms with Gasteiger partial charge in [-0.15, -0.1) is 0 Å². The Hall–Kier alpha value is -2.41. The number of nitrogens with zero attached hydrogens (tertiary/aromatic N) is 3. The van der Waals surface area contributed by atoms with Gasteiger partial charge < -0.3 is 19.5 Å². The summed E-state index contributed by atoms with van der Waals surface area (Å²) in [6.07, 6.45) is 1.54. The molecule has 1 N–H and O–H groups in total. The lowest BCUT2D eigenvalue weighted by Crippen LogP contribution is -2.23. The highest BCUT2D eigenvalue weighted by molar-refractivity contribution is 5.93. The Morgan fingerprint density at radius 1 is 1.36 bits per heavy atom. The molecule has 25 heavy (non-hydrogen) atoms. The number of anilines is 1. The van der Waals surface area contributed by atoms with Crippen LogP contribution in [0, 0.1) is 6.92 Å². The molecule has 2 aromatic rings. The zero-order valence-electron chi connectivity index (χ0n) is 15.5. The minimum atomic E-state index is -0.595. The van der Waals surface area contributed by atoms with Crippen molar-refractivity contribution in [1.29, 1.82) is 0 Å². The van der Waals surface area contributed by atoms with Crippen LogP contribution < -0.4 is 10.7 Å². The van der Waals surface area contributed by atoms with Crippen LogP contribution in [0.4, 0.5) is 5.82 Å². The van der Waals surface area contributed by atoms with Crippen molar-refractivity contribution >= 4 is 22.8 Å². The number of carbonyl (C=O) groups excluding carboxylic acids is 1. The molecule has 0 aromatic carbocycles. The Labute approximate surface area is 147 Å². The second-order valence-corrected chi connectivity index (χ2v) is 6.13. The average molecular weight is 346 g/mol. The molecule has 7 nitrogen and oxygen atoms in total. The van der Waals surface area contributed by atoms with Crippen molar-refractivity contribution in [3.8, 4) is 0 Å². The van der Waals surface area contributed by atoms with Crippen LogP contribution in [0.2, 0.25) is 0 Å². The van der Waals surface area contributed by atoms with Gasteiger partial charge in [0.25, 0.3) is 0 Å². The molecular formula is C18H26N4O3. The molecule has 0 atom stereocenters. The van der Waals surface area contributed by atoms with Crippen LogP contribution in [0.1, 0.15) is 29.8 Å². The summed E-state index contributed by atoms with van der Waals surface area (Å²) in [7, 11) is 4.02. The summed E-state index contributed by atoms with van der Waals surface area (Å²) in [6.45, 7) is 8.02. The van der Waals surface area contributed by atoms with E-state index in [1.807, 2.05) is 27.9 Å². The summed E-state index contributed by atoms with van der Waals surface area (Å²) in [5.74, 6) is 0.155. The van der Waals surface area contributed by atoms with Gasteiger partial charge in [0, 0.05) is 25.8 Å². The Bertz CT molecular complexity index is 827. The molecule has 0 aliphatic rings. The van der Waals surface area contributed by atoms with Gasteiger partial charge in [-0.3, -0.25) is 4.79 Å². The van der Waals surface area contributed by atoms with Gasteiger partial charge in [0.1, 0.15) is 17.0 Å². The number of nitrogens with one attached hydrogen (secondary N) is 1. The molecule has 2 aromatic heterocycles. The molecule has 7 heteroatoms. The SMILES string of the molecule is CCOC(=O)c1cn(CC)c2nc(NCCN(C)C)c(C)cc2c1=O. The largest absolute Gasteiger partial charge is 0.462 e. The number of hydrogen-bond acceptors (Lipinski definition) is 6. The third kappa shape index (κ3) is 4.17. The van der Waals surface area contributed by atoms with Gasteiger partial charge in [0.05, 0.1) is 12.0 Å². The Kier molecular flexibility index (Phi) is 6.14. The Morgan fingerprint density at radius 2 is 2.08 bits per heavy atom. The van der Waals surface area contributed by atoms with Gasteiger partial charge in [0.2, 0.25) is 5.43 Å². The molecule has 0 spiro atoms. The van der Waals surface area contributed by atoms with Crippen molar-refractivity contribution < 1.29 is 9.53 Å². The molecule has 136 valence electrons. The number of esters is 1. The molecular weight excluding hydrogens is 320 g/mol. The molecule has 0 bridgehead atoms. The number of carbonyl (C=O) groups is 1. The molecule has 2 heterocycles. The number of rotatable bonds is 7. The summed E-state index contributed by atoms with van der Waals surface area (Å²) in [4.78, 5) is 31.5. The van der Waals surface area contributed by atoms with Gasteiger partial charge in [-0.05, 0) is 46.5 Å². The van der Waals surface area contributed by atoms with E-state index in [4.69, 9.17) is 4.74 Å². The fourth-order valence-corrected chi connectivity index (χ4v) is 2.58. The number of likely N-dealkylation sites (N-methyl/N-ethyl adjacent to an activating group) is 1. The predicted molar refractivity (Wildman–Crippen MR) is 99.4 cm³/mol. The maximum Gasteiger partial charge on any atom is 0.343 e. The highest BCUT2D eigenvalue weighted by Gasteiger charge is 2.18. The highest BCUT2D eigenvalue weighted by atomic mass is 16.5. The number of aryl methyl sites for hydroxylation is 2. The lowest BCUT2D eigenvalue weighted by atomic mass is 10.1. The minimum absolute atomic E-state index is 0.0470. The zero-order valence-corrected chi connectivity index (χ0v) is 15.5. The Balaban J connectivity index is 2.53. The maximum absolute atomic E-state index is 12.7. The van der Waals surface area contributed by atoms with Crippen molar-refractivity contribution in [3.63, 3.8) is 0 Å². The molecule has 0 radical (unpaired) electrons. The summed E-state index contributed by atoms with van der Waals surface area (Å²) >= 11 is 0. The van der Waals surface area contributed by atoms with E-state index >= 15 is 0 Å². The van der Waals surface area contributed by atoms with Gasteiger partial charge in [0.15, 0.2) is 0 Å². The normalized spacial score (nSPS) is 11.1. The second kappa shape index (κ2) is 8.11. The topological polar surface area (TPSA) is 76.5 Å². The molecule has 0 saturated heterocycles. The lowest BCUT2D eigenvalue weighted by molar-refractivity contribution is 0.0524. The van der Waals surface area contributed by atoms with Gasteiger partial charge >= 0.3 is 5.97 Å². The van der Waals surface area contributed by atoms with Crippen molar-refractivity contribution in [2.75, 3.05) is 39.1 Å². The highest BCUT2D eigenvalue weighted by Crippen LogP contribution is 2.18. The first-order valence-electron chi connectivity index (χ1n) is 8.49. The van der Waals surface area contributed by atoms with Crippen molar-refractivity contribution in [2.24, 2.45) is 0 Å². The number of hydrogen-bond donors (Lipinski definition) is 1. The van der Waals surface area contributed by atoms with Crippen LogP contribution in [0.15, 0.2) is 17.1 Å². The minimum Gasteiger partial charge on any atom is -0.462 e. The third-order valence-electron chi connectivity index (χ3n) is 3.93. The van der Waals surface area contributed by atoms with Gasteiger partial charge in [-0.25, -0.2) is 9.78 Å². The molecule has 0 saturated carbocycles. The standard InChI is InChI=1S/C18H26N4O3/c1-6-22-11-14(18(24)25-7-2)15(23)13-10-12(3)16(20-17(13)22)19-8-9-21(4)5/h10-11H,6-9H2,1-5H3,(H,19,20). The molecule has 2 rings (SSSR count).